The van der Waals surface area contributed by atoms with Gasteiger partial charge in [-0.25, -0.2) is 0 Å². The molecule has 1 heterocycles. The van der Waals surface area contributed by atoms with Crippen LogP contribution in [0, 0.1) is 5.41 Å². The van der Waals surface area contributed by atoms with Crippen molar-refractivity contribution >= 4 is 12.2 Å². The first-order valence-electron chi connectivity index (χ1n) is 5.43. The molecule has 0 fully saturated rings. The number of allylic oxidation sites excluding steroid dienone is 1. The van der Waals surface area contributed by atoms with E-state index in [2.05, 4.69) is 51.4 Å². The Kier molecular flexibility index (Phi) is 3.57. The molecule has 1 heteroatoms. The molecule has 0 unspecified atom stereocenters. The fourth-order valence-electron chi connectivity index (χ4n) is 1.71. The second-order valence-corrected chi connectivity index (χ2v) is 5.09. The molecule has 84 valence electrons. The van der Waals surface area contributed by atoms with Crippen molar-refractivity contribution in [1.82, 2.24) is 4.98 Å². The molecule has 0 aliphatic heterocycles. The van der Waals surface area contributed by atoms with Crippen molar-refractivity contribution < 1.29 is 1.43 Å². The SMILES string of the molecule is C=C/C=c1/[nH]c(CC(C)(C)C)c/c1=C/C.[HH]. The first kappa shape index (κ1) is 11.8. The predicted molar refractivity (Wildman–Crippen MR) is 70.1 cm³/mol. The number of rotatable bonds is 2. The highest BCUT2D eigenvalue weighted by molar-refractivity contribution is 5.36. The zero-order valence-corrected chi connectivity index (χ0v) is 10.2. The van der Waals surface area contributed by atoms with E-state index in [0.29, 0.717) is 5.41 Å². The van der Waals surface area contributed by atoms with Crippen LogP contribution in [-0.4, -0.2) is 4.98 Å². The van der Waals surface area contributed by atoms with Crippen LogP contribution in [0.2, 0.25) is 0 Å². The average Bonchev–Trinajstić information content (AvgIpc) is 2.45. The maximum absolute atomic E-state index is 3.73. The van der Waals surface area contributed by atoms with Crippen LogP contribution in [0.3, 0.4) is 0 Å². The van der Waals surface area contributed by atoms with Gasteiger partial charge in [-0.2, -0.15) is 0 Å². The van der Waals surface area contributed by atoms with Gasteiger partial charge >= 0.3 is 0 Å². The van der Waals surface area contributed by atoms with Gasteiger partial charge < -0.3 is 4.98 Å². The van der Waals surface area contributed by atoms with Gasteiger partial charge in [0.05, 0.1) is 0 Å². The van der Waals surface area contributed by atoms with Gasteiger partial charge in [0.15, 0.2) is 0 Å². The van der Waals surface area contributed by atoms with Gasteiger partial charge in [0.2, 0.25) is 0 Å². The minimum atomic E-state index is 0. The first-order chi connectivity index (χ1) is 6.96. The number of aromatic nitrogens is 1. The van der Waals surface area contributed by atoms with Crippen LogP contribution in [0.4, 0.5) is 0 Å². The van der Waals surface area contributed by atoms with Gasteiger partial charge in [0, 0.05) is 12.5 Å². The number of hydrogen-bond donors (Lipinski definition) is 1. The normalized spacial score (nSPS) is 14.7. The molecule has 0 bridgehead atoms. The Balaban J connectivity index is 0.00000225. The lowest BCUT2D eigenvalue weighted by Gasteiger charge is -2.16. The molecular weight excluding hydrogens is 182 g/mol. The number of hydrogen-bond acceptors (Lipinski definition) is 0. The van der Waals surface area contributed by atoms with Crippen molar-refractivity contribution in [3.63, 3.8) is 0 Å². The van der Waals surface area contributed by atoms with E-state index >= 15 is 0 Å². The smallest absolute Gasteiger partial charge is 0.0452 e. The minimum Gasteiger partial charge on any atom is -0.358 e. The molecule has 1 nitrogen and oxygen atoms in total. The fourth-order valence-corrected chi connectivity index (χ4v) is 1.71. The van der Waals surface area contributed by atoms with E-state index in [4.69, 9.17) is 0 Å². The molecule has 0 saturated heterocycles. The van der Waals surface area contributed by atoms with Crippen molar-refractivity contribution in [3.05, 3.63) is 35.0 Å². The third kappa shape index (κ3) is 3.43. The van der Waals surface area contributed by atoms with E-state index in [1.807, 2.05) is 12.2 Å². The molecule has 0 atom stereocenters. The van der Waals surface area contributed by atoms with Crippen molar-refractivity contribution in [2.75, 3.05) is 0 Å². The van der Waals surface area contributed by atoms with Crippen LogP contribution in [-0.2, 0) is 6.42 Å². The van der Waals surface area contributed by atoms with E-state index < -0.39 is 0 Å². The van der Waals surface area contributed by atoms with Gasteiger partial charge in [-0.05, 0) is 36.1 Å². The van der Waals surface area contributed by atoms with Crippen LogP contribution < -0.4 is 10.6 Å². The average molecular weight is 205 g/mol. The Labute approximate surface area is 93.7 Å². The van der Waals surface area contributed by atoms with Crippen molar-refractivity contribution in [3.8, 4) is 0 Å². The maximum atomic E-state index is 3.73. The summed E-state index contributed by atoms with van der Waals surface area (Å²) in [5.41, 5.74) is 1.62. The molecule has 0 saturated carbocycles. The van der Waals surface area contributed by atoms with Crippen LogP contribution in [0.1, 0.15) is 34.8 Å². The van der Waals surface area contributed by atoms with Gasteiger partial charge in [-0.1, -0.05) is 39.5 Å². The van der Waals surface area contributed by atoms with Crippen LogP contribution >= 0.6 is 0 Å². The largest absolute Gasteiger partial charge is 0.358 e. The summed E-state index contributed by atoms with van der Waals surface area (Å²) in [6.07, 6.45) is 7.03. The molecule has 0 amide bonds. The van der Waals surface area contributed by atoms with E-state index in [9.17, 15) is 0 Å². The number of nitrogens with one attached hydrogen (secondary N) is 1. The van der Waals surface area contributed by atoms with E-state index in [0.717, 1.165) is 11.8 Å². The molecule has 0 radical (unpaired) electrons. The summed E-state index contributed by atoms with van der Waals surface area (Å²) < 4.78 is 0. The predicted octanol–water partition coefficient (Wildman–Crippen LogP) is 2.62. The molecule has 1 N–H and O–H groups in total. The summed E-state index contributed by atoms with van der Waals surface area (Å²) in [4.78, 5) is 3.43. The lowest BCUT2D eigenvalue weighted by Crippen LogP contribution is -2.21. The lowest BCUT2D eigenvalue weighted by molar-refractivity contribution is 0.407. The highest BCUT2D eigenvalue weighted by Gasteiger charge is 2.11. The summed E-state index contributed by atoms with van der Waals surface area (Å²) >= 11 is 0. The molecule has 0 aliphatic rings. The molecule has 0 aliphatic carbocycles. The Morgan fingerprint density at radius 1 is 1.47 bits per heavy atom. The molecule has 0 aromatic carbocycles. The van der Waals surface area contributed by atoms with E-state index in [1.165, 1.54) is 10.9 Å². The van der Waals surface area contributed by atoms with Gasteiger partial charge in [-0.3, -0.25) is 0 Å². The lowest BCUT2D eigenvalue weighted by atomic mass is 9.91. The zero-order valence-electron chi connectivity index (χ0n) is 10.2. The van der Waals surface area contributed by atoms with Gasteiger partial charge in [0.1, 0.15) is 0 Å². The standard InChI is InChI=1S/C14H21N.H2/c1-6-8-13-11(7-2)9-12(15-13)10-14(3,4)5;/h6-9,15H,1,10H2,2-5H3;1H/b11-7-,13-8+;. The highest BCUT2D eigenvalue weighted by Crippen LogP contribution is 2.17. The Hall–Kier alpha value is -1.24. The maximum Gasteiger partial charge on any atom is 0.0452 e. The number of aromatic amines is 1. The van der Waals surface area contributed by atoms with Gasteiger partial charge in [-0.15, -0.1) is 0 Å². The molecule has 15 heavy (non-hydrogen) atoms. The summed E-state index contributed by atoms with van der Waals surface area (Å²) in [5.74, 6) is 0. The van der Waals surface area contributed by atoms with Crippen molar-refractivity contribution in [2.45, 2.75) is 34.1 Å². The van der Waals surface area contributed by atoms with Crippen molar-refractivity contribution in [1.29, 1.82) is 0 Å². The highest BCUT2D eigenvalue weighted by atomic mass is 14.7. The molecule has 1 rings (SSSR count). The number of H-pyrrole nitrogens is 1. The topological polar surface area (TPSA) is 15.8 Å². The third-order valence-electron chi connectivity index (χ3n) is 2.25. The van der Waals surface area contributed by atoms with Gasteiger partial charge in [0.25, 0.3) is 0 Å². The third-order valence-corrected chi connectivity index (χ3v) is 2.25. The molecule has 0 spiro atoms. The first-order valence-corrected chi connectivity index (χ1v) is 5.43. The summed E-state index contributed by atoms with van der Waals surface area (Å²) in [6.45, 7) is 12.5. The fraction of sp³-hybridized carbons (Fsp3) is 0.429. The minimum absolute atomic E-state index is 0. The molecule has 1 aromatic heterocycles. The molecule has 1 aromatic rings. The second-order valence-electron chi connectivity index (χ2n) is 5.09. The second kappa shape index (κ2) is 4.52. The Morgan fingerprint density at radius 3 is 2.60 bits per heavy atom. The van der Waals surface area contributed by atoms with Crippen LogP contribution in [0.5, 0.6) is 0 Å². The quantitative estimate of drug-likeness (QED) is 0.764. The van der Waals surface area contributed by atoms with Crippen molar-refractivity contribution in [2.24, 2.45) is 5.41 Å². The Morgan fingerprint density at radius 2 is 2.13 bits per heavy atom. The van der Waals surface area contributed by atoms with Crippen LogP contribution in [0.15, 0.2) is 18.7 Å². The molecular formula is C14H23N. The Bertz CT molecular complexity index is 446. The summed E-state index contributed by atoms with van der Waals surface area (Å²) in [6, 6.07) is 2.22. The summed E-state index contributed by atoms with van der Waals surface area (Å²) in [5, 5.41) is 2.42. The zero-order chi connectivity index (χ0) is 11.5. The van der Waals surface area contributed by atoms with E-state index in [1.54, 1.807) is 0 Å². The van der Waals surface area contributed by atoms with Crippen LogP contribution in [0.25, 0.3) is 12.2 Å². The summed E-state index contributed by atoms with van der Waals surface area (Å²) in [7, 11) is 0. The van der Waals surface area contributed by atoms with E-state index in [-0.39, 0.29) is 1.43 Å². The monoisotopic (exact) mass is 205 g/mol.